The Morgan fingerprint density at radius 2 is 2.20 bits per heavy atom. The average Bonchev–Trinajstić information content (AvgIpc) is 2.60. The summed E-state index contributed by atoms with van der Waals surface area (Å²) in [5.74, 6) is 0. The van der Waals surface area contributed by atoms with Gasteiger partial charge in [-0.25, -0.2) is 13.4 Å². The van der Waals surface area contributed by atoms with E-state index in [-0.39, 0.29) is 4.90 Å². The number of H-pyrrole nitrogens is 1. The highest BCUT2D eigenvalue weighted by Gasteiger charge is 2.16. The van der Waals surface area contributed by atoms with Gasteiger partial charge in [-0.3, -0.25) is 0 Å². The number of benzene rings is 1. The molecule has 0 saturated carbocycles. The fourth-order valence-electron chi connectivity index (χ4n) is 1.34. The lowest BCUT2D eigenvalue weighted by Crippen LogP contribution is -1.96. The number of nitrogens with zero attached hydrogens (tertiary/aromatic N) is 1. The third-order valence-electron chi connectivity index (χ3n) is 2.01. The molecule has 0 unspecified atom stereocenters. The van der Waals surface area contributed by atoms with Gasteiger partial charge in [0.2, 0.25) is 0 Å². The van der Waals surface area contributed by atoms with E-state index < -0.39 is 9.05 Å². The van der Waals surface area contributed by atoms with Crippen molar-refractivity contribution in [2.75, 3.05) is 0 Å². The zero-order chi connectivity index (χ0) is 11.1. The van der Waals surface area contributed by atoms with Crippen molar-refractivity contribution in [3.63, 3.8) is 0 Å². The summed E-state index contributed by atoms with van der Waals surface area (Å²) in [5.41, 5.74) is 1.98. The lowest BCUT2D eigenvalue weighted by Gasteiger charge is -2.03. The first kappa shape index (κ1) is 10.9. The van der Waals surface area contributed by atoms with Gasteiger partial charge in [-0.2, -0.15) is 0 Å². The van der Waals surface area contributed by atoms with E-state index in [1.54, 1.807) is 6.07 Å². The van der Waals surface area contributed by atoms with Crippen molar-refractivity contribution in [1.29, 1.82) is 0 Å². The molecule has 0 aliphatic carbocycles. The molecule has 1 heterocycles. The highest BCUT2D eigenvalue weighted by atomic mass is 79.9. The van der Waals surface area contributed by atoms with Crippen molar-refractivity contribution in [3.05, 3.63) is 24.0 Å². The van der Waals surface area contributed by atoms with Crippen LogP contribution in [0.4, 0.5) is 0 Å². The molecule has 7 heteroatoms. The van der Waals surface area contributed by atoms with Crippen molar-refractivity contribution in [2.24, 2.45) is 0 Å². The Kier molecular flexibility index (Phi) is 2.74. The van der Waals surface area contributed by atoms with Crippen LogP contribution in [0.2, 0.25) is 0 Å². The average molecular weight is 310 g/mol. The number of fused-ring (bicyclic) bond motifs is 1. The van der Waals surface area contributed by atoms with Gasteiger partial charge in [0.1, 0.15) is 0 Å². The highest BCUT2D eigenvalue weighted by Crippen LogP contribution is 2.26. The van der Waals surface area contributed by atoms with Gasteiger partial charge in [0.15, 0.2) is 0 Å². The summed E-state index contributed by atoms with van der Waals surface area (Å²) in [7, 11) is 1.60. The van der Waals surface area contributed by atoms with Crippen LogP contribution in [0.25, 0.3) is 11.0 Å². The SMILES string of the molecule is O=S(=O)(Cl)c1cc2nc[nH]c2cc1CBr. The first-order valence-electron chi connectivity index (χ1n) is 3.99. The van der Waals surface area contributed by atoms with Crippen LogP contribution in [0, 0.1) is 0 Å². The molecule has 0 atom stereocenters. The largest absolute Gasteiger partial charge is 0.345 e. The van der Waals surface area contributed by atoms with E-state index in [0.29, 0.717) is 16.4 Å². The molecule has 80 valence electrons. The van der Waals surface area contributed by atoms with E-state index in [4.69, 9.17) is 10.7 Å². The normalized spacial score (nSPS) is 12.1. The molecule has 0 spiro atoms. The van der Waals surface area contributed by atoms with Gasteiger partial charge in [0.25, 0.3) is 9.05 Å². The second kappa shape index (κ2) is 3.77. The fourth-order valence-corrected chi connectivity index (χ4v) is 3.12. The van der Waals surface area contributed by atoms with Crippen LogP contribution in [0.5, 0.6) is 0 Å². The fraction of sp³-hybridized carbons (Fsp3) is 0.125. The van der Waals surface area contributed by atoms with E-state index in [1.807, 2.05) is 0 Å². The molecule has 1 aromatic heterocycles. The van der Waals surface area contributed by atoms with Crippen LogP contribution in [0.3, 0.4) is 0 Å². The van der Waals surface area contributed by atoms with Crippen molar-refractivity contribution >= 4 is 46.7 Å². The second-order valence-electron chi connectivity index (χ2n) is 2.95. The molecule has 1 N–H and O–H groups in total. The van der Waals surface area contributed by atoms with E-state index in [0.717, 1.165) is 5.52 Å². The molecule has 0 saturated heterocycles. The minimum atomic E-state index is -3.73. The number of imidazole rings is 1. The Morgan fingerprint density at radius 1 is 1.47 bits per heavy atom. The summed E-state index contributed by atoms with van der Waals surface area (Å²) in [4.78, 5) is 6.98. The minimum Gasteiger partial charge on any atom is -0.345 e. The monoisotopic (exact) mass is 308 g/mol. The first-order valence-corrected chi connectivity index (χ1v) is 7.42. The van der Waals surface area contributed by atoms with Crippen molar-refractivity contribution in [1.82, 2.24) is 9.97 Å². The number of hydrogen-bond acceptors (Lipinski definition) is 3. The molecule has 4 nitrogen and oxygen atoms in total. The van der Waals surface area contributed by atoms with Gasteiger partial charge in [0, 0.05) is 16.0 Å². The van der Waals surface area contributed by atoms with Crippen LogP contribution >= 0.6 is 26.6 Å². The zero-order valence-electron chi connectivity index (χ0n) is 7.37. The summed E-state index contributed by atoms with van der Waals surface area (Å²) < 4.78 is 22.6. The van der Waals surface area contributed by atoms with Crippen LogP contribution in [0.1, 0.15) is 5.56 Å². The molecule has 0 aliphatic heterocycles. The summed E-state index contributed by atoms with van der Waals surface area (Å²) in [6.07, 6.45) is 1.51. The first-order chi connectivity index (χ1) is 7.02. The summed E-state index contributed by atoms with van der Waals surface area (Å²) in [6, 6.07) is 3.18. The zero-order valence-corrected chi connectivity index (χ0v) is 10.5. The quantitative estimate of drug-likeness (QED) is 0.684. The standard InChI is InChI=1S/C8H6BrClN2O2S/c9-3-5-1-6-7(12-4-11-6)2-8(5)15(10,13)14/h1-2,4H,3H2,(H,11,12). The molecule has 0 fully saturated rings. The molecule has 0 bridgehead atoms. The number of halogens is 2. The number of nitrogens with one attached hydrogen (secondary N) is 1. The van der Waals surface area contributed by atoms with E-state index in [9.17, 15) is 8.42 Å². The van der Waals surface area contributed by atoms with Crippen LogP contribution < -0.4 is 0 Å². The molecular weight excluding hydrogens is 304 g/mol. The Labute approximate surface area is 99.2 Å². The number of aromatic amines is 1. The van der Waals surface area contributed by atoms with Crippen molar-refractivity contribution < 1.29 is 8.42 Å². The maximum absolute atomic E-state index is 11.3. The number of rotatable bonds is 2. The topological polar surface area (TPSA) is 62.8 Å². The summed E-state index contributed by atoms with van der Waals surface area (Å²) in [5, 5.41) is 0.420. The van der Waals surface area contributed by atoms with Crippen LogP contribution in [-0.2, 0) is 14.4 Å². The van der Waals surface area contributed by atoms with Gasteiger partial charge >= 0.3 is 0 Å². The smallest absolute Gasteiger partial charge is 0.261 e. The maximum Gasteiger partial charge on any atom is 0.261 e. The minimum absolute atomic E-state index is 0.0978. The van der Waals surface area contributed by atoms with Crippen molar-refractivity contribution in [2.45, 2.75) is 10.2 Å². The number of aromatic nitrogens is 2. The van der Waals surface area contributed by atoms with Gasteiger partial charge < -0.3 is 4.98 Å². The van der Waals surface area contributed by atoms with Gasteiger partial charge in [-0.15, -0.1) is 0 Å². The molecule has 0 radical (unpaired) electrons. The molecular formula is C8H6BrClN2O2S. The van der Waals surface area contributed by atoms with E-state index in [2.05, 4.69) is 25.9 Å². The van der Waals surface area contributed by atoms with Crippen LogP contribution in [0.15, 0.2) is 23.4 Å². The summed E-state index contributed by atoms with van der Waals surface area (Å²) in [6.45, 7) is 0. The Morgan fingerprint density at radius 3 is 2.80 bits per heavy atom. The summed E-state index contributed by atoms with van der Waals surface area (Å²) >= 11 is 3.22. The lowest BCUT2D eigenvalue weighted by atomic mass is 10.2. The number of alkyl halides is 1. The molecule has 0 aliphatic rings. The van der Waals surface area contributed by atoms with Gasteiger partial charge in [-0.05, 0) is 17.7 Å². The molecule has 2 aromatic rings. The third-order valence-corrected chi connectivity index (χ3v) is 4.02. The van der Waals surface area contributed by atoms with E-state index >= 15 is 0 Å². The highest BCUT2D eigenvalue weighted by molar-refractivity contribution is 9.08. The lowest BCUT2D eigenvalue weighted by molar-refractivity contribution is 0.609. The molecule has 15 heavy (non-hydrogen) atoms. The second-order valence-corrected chi connectivity index (χ2v) is 6.05. The van der Waals surface area contributed by atoms with Gasteiger partial charge in [-0.1, -0.05) is 15.9 Å². The van der Waals surface area contributed by atoms with E-state index in [1.165, 1.54) is 12.4 Å². The van der Waals surface area contributed by atoms with Crippen molar-refractivity contribution in [3.8, 4) is 0 Å². The van der Waals surface area contributed by atoms with Crippen LogP contribution in [-0.4, -0.2) is 18.4 Å². The molecule has 2 rings (SSSR count). The predicted molar refractivity (Wildman–Crippen MR) is 61.8 cm³/mol. The predicted octanol–water partition coefficient (Wildman–Crippen LogP) is 2.39. The third kappa shape index (κ3) is 2.02. The Bertz CT molecular complexity index is 608. The molecule has 0 amide bonds. The van der Waals surface area contributed by atoms with Gasteiger partial charge in [0.05, 0.1) is 22.3 Å². The maximum atomic E-state index is 11.3. The Hall–Kier alpha value is -0.590. The molecule has 1 aromatic carbocycles. The Balaban J connectivity index is 2.81. The number of hydrogen-bond donors (Lipinski definition) is 1.